The first-order chi connectivity index (χ1) is 8.83. The summed E-state index contributed by atoms with van der Waals surface area (Å²) < 4.78 is 0. The first-order valence-corrected chi connectivity index (χ1v) is 6.27. The maximum Gasteiger partial charge on any atom is 0.258 e. The van der Waals surface area contributed by atoms with Gasteiger partial charge in [-0.05, 0) is 30.4 Å². The second-order valence-electron chi connectivity index (χ2n) is 4.57. The molecule has 0 spiro atoms. The zero-order valence-corrected chi connectivity index (χ0v) is 10.2. The molecule has 0 aliphatic carbocycles. The third-order valence-corrected chi connectivity index (χ3v) is 3.44. The van der Waals surface area contributed by atoms with E-state index in [0.29, 0.717) is 0 Å². The van der Waals surface area contributed by atoms with Crippen molar-refractivity contribution >= 4 is 22.4 Å². The first-order valence-electron chi connectivity index (χ1n) is 6.27. The predicted molar refractivity (Wildman–Crippen MR) is 75.1 cm³/mol. The number of carbonyl (C=O) groups is 1. The average molecular weight is 237 g/mol. The Hall–Kier alpha value is -2.09. The summed E-state index contributed by atoms with van der Waals surface area (Å²) in [6.45, 7) is 4.48. The number of rotatable bonds is 4. The van der Waals surface area contributed by atoms with Crippen LogP contribution >= 0.6 is 0 Å². The van der Waals surface area contributed by atoms with Crippen LogP contribution in [0.25, 0.3) is 10.8 Å². The molecule has 0 saturated heterocycles. The van der Waals surface area contributed by atoms with Crippen molar-refractivity contribution in [2.24, 2.45) is 0 Å². The number of benzene rings is 2. The van der Waals surface area contributed by atoms with Gasteiger partial charge in [-0.15, -0.1) is 6.58 Å². The fraction of sp³-hybridized carbons (Fsp3) is 0.188. The summed E-state index contributed by atoms with van der Waals surface area (Å²) in [5.74, 6) is 0.130. The molecule has 1 aliphatic rings. The van der Waals surface area contributed by atoms with Gasteiger partial charge in [-0.3, -0.25) is 4.79 Å². The Morgan fingerprint density at radius 1 is 1.17 bits per heavy atom. The lowest BCUT2D eigenvalue weighted by molar-refractivity contribution is 0.0993. The highest BCUT2D eigenvalue weighted by atomic mass is 16.2. The largest absolute Gasteiger partial charge is 0.308 e. The van der Waals surface area contributed by atoms with Crippen LogP contribution in [0.1, 0.15) is 23.2 Å². The number of carbonyl (C=O) groups excluding carboxylic acids is 1. The van der Waals surface area contributed by atoms with E-state index in [2.05, 4.69) is 18.7 Å². The highest BCUT2D eigenvalue weighted by Crippen LogP contribution is 2.37. The summed E-state index contributed by atoms with van der Waals surface area (Å²) >= 11 is 0. The van der Waals surface area contributed by atoms with Crippen LogP contribution in [-0.4, -0.2) is 12.5 Å². The Bertz CT molecular complexity index is 625. The van der Waals surface area contributed by atoms with E-state index in [1.54, 1.807) is 0 Å². The van der Waals surface area contributed by atoms with E-state index in [9.17, 15) is 4.79 Å². The van der Waals surface area contributed by atoms with Gasteiger partial charge in [0, 0.05) is 17.5 Å². The fourth-order valence-electron chi connectivity index (χ4n) is 2.59. The molecule has 0 radical (unpaired) electrons. The summed E-state index contributed by atoms with van der Waals surface area (Å²) in [7, 11) is 0. The molecular weight excluding hydrogens is 222 g/mol. The van der Waals surface area contributed by atoms with Crippen LogP contribution in [0.3, 0.4) is 0 Å². The molecule has 90 valence electrons. The monoisotopic (exact) mass is 237 g/mol. The van der Waals surface area contributed by atoms with Gasteiger partial charge in [0.1, 0.15) is 0 Å². The van der Waals surface area contributed by atoms with Gasteiger partial charge in [0.05, 0.1) is 5.69 Å². The molecule has 2 heteroatoms. The minimum Gasteiger partial charge on any atom is -0.308 e. The molecule has 0 atom stereocenters. The molecule has 0 saturated carbocycles. The van der Waals surface area contributed by atoms with Crippen LogP contribution in [-0.2, 0) is 0 Å². The zero-order chi connectivity index (χ0) is 12.5. The van der Waals surface area contributed by atoms with Gasteiger partial charge < -0.3 is 4.90 Å². The van der Waals surface area contributed by atoms with Gasteiger partial charge in [0.2, 0.25) is 0 Å². The van der Waals surface area contributed by atoms with Crippen molar-refractivity contribution in [3.63, 3.8) is 0 Å². The summed E-state index contributed by atoms with van der Waals surface area (Å²) in [4.78, 5) is 14.3. The molecule has 1 heterocycles. The Kier molecular flexibility index (Phi) is 2.63. The molecule has 0 aromatic heterocycles. The summed E-state index contributed by atoms with van der Waals surface area (Å²) in [6.07, 6.45) is 3.80. The third-order valence-electron chi connectivity index (χ3n) is 3.44. The zero-order valence-electron chi connectivity index (χ0n) is 10.2. The molecule has 0 unspecified atom stereocenters. The molecule has 2 aromatic rings. The van der Waals surface area contributed by atoms with Crippen LogP contribution in [0, 0.1) is 0 Å². The van der Waals surface area contributed by atoms with Crippen molar-refractivity contribution in [1.29, 1.82) is 0 Å². The standard InChI is InChI=1S/C16H15NO/c1-2-3-4-11-17-14-10-6-8-12-7-5-9-13(15(12)14)16(17)18/h2,5-10H,1,3-4,11H2. The fourth-order valence-corrected chi connectivity index (χ4v) is 2.59. The first kappa shape index (κ1) is 11.0. The van der Waals surface area contributed by atoms with Crippen molar-refractivity contribution in [1.82, 2.24) is 0 Å². The number of nitrogens with zero attached hydrogens (tertiary/aromatic N) is 1. The maximum absolute atomic E-state index is 12.4. The van der Waals surface area contributed by atoms with Gasteiger partial charge in [-0.2, -0.15) is 0 Å². The smallest absolute Gasteiger partial charge is 0.258 e. The summed E-state index contributed by atoms with van der Waals surface area (Å²) in [6, 6.07) is 12.0. The van der Waals surface area contributed by atoms with Crippen LogP contribution < -0.4 is 4.90 Å². The van der Waals surface area contributed by atoms with Crippen LogP contribution in [0.15, 0.2) is 49.1 Å². The number of amides is 1. The highest BCUT2D eigenvalue weighted by molar-refractivity contribution is 6.24. The van der Waals surface area contributed by atoms with E-state index < -0.39 is 0 Å². The van der Waals surface area contributed by atoms with E-state index in [1.165, 1.54) is 0 Å². The van der Waals surface area contributed by atoms with Crippen LogP contribution in [0.4, 0.5) is 5.69 Å². The summed E-state index contributed by atoms with van der Waals surface area (Å²) in [5.41, 5.74) is 1.89. The lowest BCUT2D eigenvalue weighted by atomic mass is 10.1. The SMILES string of the molecule is C=CCCCN1C(=O)c2cccc3cccc1c23. The van der Waals surface area contributed by atoms with Gasteiger partial charge >= 0.3 is 0 Å². The molecule has 3 rings (SSSR count). The topological polar surface area (TPSA) is 20.3 Å². The average Bonchev–Trinajstić information content (AvgIpc) is 2.67. The number of hydrogen-bond donors (Lipinski definition) is 0. The Balaban J connectivity index is 2.05. The molecule has 0 fully saturated rings. The molecule has 2 nitrogen and oxygen atoms in total. The third kappa shape index (κ3) is 1.53. The number of hydrogen-bond acceptors (Lipinski definition) is 1. The van der Waals surface area contributed by atoms with Crippen molar-refractivity contribution in [2.45, 2.75) is 12.8 Å². The van der Waals surface area contributed by atoms with E-state index in [1.807, 2.05) is 35.2 Å². The molecule has 1 amide bonds. The van der Waals surface area contributed by atoms with E-state index in [4.69, 9.17) is 0 Å². The second kappa shape index (κ2) is 4.30. The lowest BCUT2D eigenvalue weighted by Gasteiger charge is -2.16. The molecule has 0 bridgehead atoms. The van der Waals surface area contributed by atoms with Gasteiger partial charge in [0.15, 0.2) is 0 Å². The molecule has 2 aromatic carbocycles. The maximum atomic E-state index is 12.4. The lowest BCUT2D eigenvalue weighted by Crippen LogP contribution is -2.27. The van der Waals surface area contributed by atoms with Crippen LogP contribution in [0.2, 0.25) is 0 Å². The molecule has 0 N–H and O–H groups in total. The van der Waals surface area contributed by atoms with Crippen molar-refractivity contribution in [3.05, 3.63) is 54.6 Å². The highest BCUT2D eigenvalue weighted by Gasteiger charge is 2.28. The van der Waals surface area contributed by atoms with Gasteiger partial charge in [0.25, 0.3) is 5.91 Å². The van der Waals surface area contributed by atoms with Gasteiger partial charge in [-0.1, -0.05) is 30.3 Å². The Morgan fingerprint density at radius 3 is 2.72 bits per heavy atom. The second-order valence-corrected chi connectivity index (χ2v) is 4.57. The number of allylic oxidation sites excluding steroid dienone is 1. The van der Waals surface area contributed by atoms with Crippen molar-refractivity contribution < 1.29 is 4.79 Å². The normalized spacial score (nSPS) is 13.3. The van der Waals surface area contributed by atoms with E-state index in [0.717, 1.165) is 41.4 Å². The van der Waals surface area contributed by atoms with Gasteiger partial charge in [-0.25, -0.2) is 0 Å². The predicted octanol–water partition coefficient (Wildman–Crippen LogP) is 3.77. The van der Waals surface area contributed by atoms with E-state index in [-0.39, 0.29) is 5.91 Å². The number of anilines is 1. The Morgan fingerprint density at radius 2 is 1.94 bits per heavy atom. The van der Waals surface area contributed by atoms with Crippen LogP contribution in [0.5, 0.6) is 0 Å². The van der Waals surface area contributed by atoms with E-state index >= 15 is 0 Å². The Labute approximate surface area is 107 Å². The summed E-state index contributed by atoms with van der Waals surface area (Å²) in [5, 5.41) is 2.24. The molecule has 18 heavy (non-hydrogen) atoms. The molecular formula is C16H15NO. The van der Waals surface area contributed by atoms with Crippen molar-refractivity contribution in [2.75, 3.05) is 11.4 Å². The number of unbranched alkanes of at least 4 members (excludes halogenated alkanes) is 1. The quantitative estimate of drug-likeness (QED) is 0.585. The minimum atomic E-state index is 0.130. The minimum absolute atomic E-state index is 0.130. The molecule has 1 aliphatic heterocycles. The van der Waals surface area contributed by atoms with Crippen molar-refractivity contribution in [3.8, 4) is 0 Å².